The largest absolute Gasteiger partial charge is 0.484 e. The van der Waals surface area contributed by atoms with E-state index in [1.165, 1.54) is 6.26 Å². The highest BCUT2D eigenvalue weighted by molar-refractivity contribution is 5.91. The summed E-state index contributed by atoms with van der Waals surface area (Å²) < 4.78 is 21.6. The van der Waals surface area contributed by atoms with Crippen LogP contribution in [0.2, 0.25) is 0 Å². The van der Waals surface area contributed by atoms with Gasteiger partial charge in [-0.25, -0.2) is 4.98 Å². The summed E-state index contributed by atoms with van der Waals surface area (Å²) in [7, 11) is 1.77. The highest BCUT2D eigenvalue weighted by atomic mass is 16.7. The van der Waals surface area contributed by atoms with Crippen LogP contribution < -0.4 is 25.1 Å². The van der Waals surface area contributed by atoms with Crippen LogP contribution in [0.3, 0.4) is 0 Å². The minimum atomic E-state index is -0.160. The van der Waals surface area contributed by atoms with Crippen molar-refractivity contribution in [3.8, 4) is 17.2 Å². The first-order valence-electron chi connectivity index (χ1n) is 8.87. The van der Waals surface area contributed by atoms with Gasteiger partial charge < -0.3 is 23.5 Å². The molecule has 0 spiro atoms. The maximum absolute atomic E-state index is 12.5. The lowest BCUT2D eigenvalue weighted by molar-refractivity contribution is 0.0782. The Hall–Kier alpha value is -2.78. The Kier molecular flexibility index (Phi) is 5.12. The van der Waals surface area contributed by atoms with Crippen LogP contribution in [0.25, 0.3) is 0 Å². The fourth-order valence-electron chi connectivity index (χ4n) is 2.97. The van der Waals surface area contributed by atoms with Crippen LogP contribution in [-0.4, -0.2) is 49.3 Å². The molecule has 4 rings (SSSR count). The molecule has 2 aliphatic heterocycles. The summed E-state index contributed by atoms with van der Waals surface area (Å²) >= 11 is 0. The van der Waals surface area contributed by atoms with Crippen LogP contribution >= 0.6 is 0 Å². The van der Waals surface area contributed by atoms with Crippen LogP contribution in [-0.2, 0) is 6.61 Å². The summed E-state index contributed by atoms with van der Waals surface area (Å²) in [5, 5.41) is 0. The van der Waals surface area contributed by atoms with Gasteiger partial charge >= 0.3 is 0 Å². The van der Waals surface area contributed by atoms with Crippen molar-refractivity contribution in [2.75, 3.05) is 33.5 Å². The number of ether oxygens (including phenoxy) is 3. The predicted molar refractivity (Wildman–Crippen MR) is 94.5 cm³/mol. The third-order valence-corrected chi connectivity index (χ3v) is 4.60. The Bertz CT molecular complexity index is 803. The summed E-state index contributed by atoms with van der Waals surface area (Å²) in [5.41, 5.74) is 6.47. The Morgan fingerprint density at radius 2 is 2.11 bits per heavy atom. The Morgan fingerprint density at radius 3 is 2.96 bits per heavy atom. The Morgan fingerprint density at radius 1 is 1.30 bits per heavy atom. The van der Waals surface area contributed by atoms with Gasteiger partial charge in [0.25, 0.3) is 5.91 Å². The van der Waals surface area contributed by atoms with Gasteiger partial charge in [0.2, 0.25) is 12.7 Å². The van der Waals surface area contributed by atoms with Crippen molar-refractivity contribution in [1.82, 2.24) is 20.7 Å². The SMILES string of the molecule is CN(CCC1CNNC1)C(=O)c1coc(COc2ccc3c(c2)OCO3)n1. The Balaban J connectivity index is 1.29. The molecule has 0 bridgehead atoms. The zero-order valence-corrected chi connectivity index (χ0v) is 15.1. The van der Waals surface area contributed by atoms with Crippen molar-refractivity contribution in [3.05, 3.63) is 36.0 Å². The molecule has 9 heteroatoms. The van der Waals surface area contributed by atoms with Crippen LogP contribution in [0.15, 0.2) is 28.9 Å². The van der Waals surface area contributed by atoms with Crippen LogP contribution in [0.5, 0.6) is 17.2 Å². The highest BCUT2D eigenvalue weighted by Gasteiger charge is 2.20. The number of amides is 1. The fourth-order valence-corrected chi connectivity index (χ4v) is 2.97. The molecule has 2 aliphatic rings. The second-order valence-electron chi connectivity index (χ2n) is 6.57. The first kappa shape index (κ1) is 17.6. The van der Waals surface area contributed by atoms with Gasteiger partial charge in [0.05, 0.1) is 0 Å². The normalized spacial score (nSPS) is 15.9. The number of benzene rings is 1. The number of oxazole rings is 1. The second kappa shape index (κ2) is 7.85. The van der Waals surface area contributed by atoms with Crippen molar-refractivity contribution in [2.24, 2.45) is 5.92 Å². The van der Waals surface area contributed by atoms with E-state index in [1.54, 1.807) is 30.1 Å². The van der Waals surface area contributed by atoms with Gasteiger partial charge in [-0.05, 0) is 24.5 Å². The van der Waals surface area contributed by atoms with E-state index >= 15 is 0 Å². The molecule has 1 aromatic carbocycles. The predicted octanol–water partition coefficient (Wildman–Crippen LogP) is 1.17. The average Bonchev–Trinajstić information content (AvgIpc) is 3.45. The van der Waals surface area contributed by atoms with Gasteiger partial charge in [0.15, 0.2) is 23.8 Å². The van der Waals surface area contributed by atoms with Crippen molar-refractivity contribution in [2.45, 2.75) is 13.0 Å². The maximum Gasteiger partial charge on any atom is 0.275 e. The van der Waals surface area contributed by atoms with E-state index in [9.17, 15) is 4.79 Å². The highest BCUT2D eigenvalue weighted by Crippen LogP contribution is 2.35. The first-order chi connectivity index (χ1) is 13.2. The van der Waals surface area contributed by atoms with E-state index < -0.39 is 0 Å². The molecule has 27 heavy (non-hydrogen) atoms. The lowest BCUT2D eigenvalue weighted by Crippen LogP contribution is -2.30. The minimum Gasteiger partial charge on any atom is -0.484 e. The van der Waals surface area contributed by atoms with Gasteiger partial charge in [0, 0.05) is 32.7 Å². The minimum absolute atomic E-state index is 0.121. The number of hydrogen-bond donors (Lipinski definition) is 2. The Labute approximate surface area is 156 Å². The molecule has 0 atom stereocenters. The number of nitrogens with zero attached hydrogens (tertiary/aromatic N) is 2. The van der Waals surface area contributed by atoms with Gasteiger partial charge in [-0.1, -0.05) is 0 Å². The second-order valence-corrected chi connectivity index (χ2v) is 6.57. The molecule has 1 amide bonds. The molecule has 0 radical (unpaired) electrons. The number of hydrazine groups is 1. The van der Waals surface area contributed by atoms with Crippen LogP contribution in [0.1, 0.15) is 22.8 Å². The smallest absolute Gasteiger partial charge is 0.275 e. The average molecular weight is 374 g/mol. The summed E-state index contributed by atoms with van der Waals surface area (Å²) in [6.45, 7) is 2.85. The van der Waals surface area contributed by atoms with Gasteiger partial charge in [-0.3, -0.25) is 15.6 Å². The molecule has 1 fully saturated rings. The van der Waals surface area contributed by atoms with Gasteiger partial charge in [0.1, 0.15) is 12.0 Å². The molecule has 2 N–H and O–H groups in total. The topological polar surface area (TPSA) is 98.1 Å². The van der Waals surface area contributed by atoms with Crippen molar-refractivity contribution >= 4 is 5.91 Å². The van der Waals surface area contributed by atoms with Crippen LogP contribution in [0, 0.1) is 5.92 Å². The molecule has 0 saturated carbocycles. The summed E-state index contributed by atoms with van der Waals surface area (Å²) in [6.07, 6.45) is 2.30. The summed E-state index contributed by atoms with van der Waals surface area (Å²) in [4.78, 5) is 18.4. The monoisotopic (exact) mass is 374 g/mol. The van der Waals surface area contributed by atoms with Gasteiger partial charge in [-0.2, -0.15) is 0 Å². The van der Waals surface area contributed by atoms with Crippen molar-refractivity contribution < 1.29 is 23.4 Å². The number of rotatable bonds is 7. The number of hydrogen-bond acceptors (Lipinski definition) is 8. The van der Waals surface area contributed by atoms with E-state index in [0.717, 1.165) is 19.5 Å². The van der Waals surface area contributed by atoms with E-state index in [2.05, 4.69) is 15.8 Å². The van der Waals surface area contributed by atoms with E-state index in [-0.39, 0.29) is 25.0 Å². The quantitative estimate of drug-likeness (QED) is 0.745. The lowest BCUT2D eigenvalue weighted by Gasteiger charge is -2.17. The van der Waals surface area contributed by atoms with Crippen molar-refractivity contribution in [3.63, 3.8) is 0 Å². The summed E-state index contributed by atoms with van der Waals surface area (Å²) in [5.74, 6) is 2.66. The van der Waals surface area contributed by atoms with E-state index in [1.807, 2.05) is 0 Å². The molecule has 2 aromatic rings. The third kappa shape index (κ3) is 4.15. The molecular weight excluding hydrogens is 352 g/mol. The molecule has 3 heterocycles. The molecular formula is C18H22N4O5. The molecule has 0 unspecified atom stereocenters. The molecule has 144 valence electrons. The number of fused-ring (bicyclic) bond motifs is 1. The third-order valence-electron chi connectivity index (χ3n) is 4.60. The van der Waals surface area contributed by atoms with E-state index in [4.69, 9.17) is 18.6 Å². The van der Waals surface area contributed by atoms with Crippen LogP contribution in [0.4, 0.5) is 0 Å². The maximum atomic E-state index is 12.5. The molecule has 1 saturated heterocycles. The fraction of sp³-hybridized carbons (Fsp3) is 0.444. The number of carbonyl (C=O) groups is 1. The zero-order chi connectivity index (χ0) is 18.6. The first-order valence-corrected chi connectivity index (χ1v) is 8.87. The summed E-state index contributed by atoms with van der Waals surface area (Å²) in [6, 6.07) is 5.31. The zero-order valence-electron chi connectivity index (χ0n) is 15.1. The standard InChI is InChI=1S/C18H22N4O5/c1-22(5-4-12-7-19-20-8-12)18(23)14-9-25-17(21-14)10-24-13-2-3-15-16(6-13)27-11-26-15/h2-3,6,9,12,19-20H,4-5,7-8,10-11H2,1H3. The molecule has 9 nitrogen and oxygen atoms in total. The number of aromatic nitrogens is 1. The number of nitrogens with one attached hydrogen (secondary N) is 2. The molecule has 1 aromatic heterocycles. The number of carbonyl (C=O) groups excluding carboxylic acids is 1. The van der Waals surface area contributed by atoms with E-state index in [0.29, 0.717) is 35.6 Å². The lowest BCUT2D eigenvalue weighted by atomic mass is 10.1. The van der Waals surface area contributed by atoms with Gasteiger partial charge in [-0.15, -0.1) is 0 Å². The van der Waals surface area contributed by atoms with Crippen molar-refractivity contribution in [1.29, 1.82) is 0 Å². The molecule has 0 aliphatic carbocycles.